The highest BCUT2D eigenvalue weighted by atomic mass is 16.5. The molecule has 0 bridgehead atoms. The molecule has 0 spiro atoms. The van der Waals surface area contributed by atoms with Crippen LogP contribution in [0.2, 0.25) is 0 Å². The third-order valence-electron chi connectivity index (χ3n) is 5.00. The molecule has 4 rings (SSSR count). The van der Waals surface area contributed by atoms with E-state index in [1.165, 1.54) is 16.7 Å². The van der Waals surface area contributed by atoms with E-state index < -0.39 is 0 Å². The molecule has 2 atom stereocenters. The number of fused-ring (bicyclic) bond motifs is 1. The van der Waals surface area contributed by atoms with Gasteiger partial charge in [0, 0.05) is 0 Å². The monoisotopic (exact) mass is 348 g/mol. The van der Waals surface area contributed by atoms with Gasteiger partial charge in [0.05, 0.1) is 18.7 Å². The van der Waals surface area contributed by atoms with Gasteiger partial charge in [-0.2, -0.15) is 10.1 Å². The number of rotatable bonds is 5. The maximum atomic E-state index is 5.56. The molecule has 0 saturated heterocycles. The Balaban J connectivity index is 1.63. The van der Waals surface area contributed by atoms with E-state index in [9.17, 15) is 0 Å². The Bertz CT molecular complexity index is 854. The van der Waals surface area contributed by atoms with Gasteiger partial charge in [0.25, 0.3) is 0 Å². The molecule has 1 N–H and O–H groups in total. The summed E-state index contributed by atoms with van der Waals surface area (Å²) >= 11 is 0. The number of aryl methyl sites for hydroxylation is 1. The number of nitrogens with one attached hydrogen (secondary N) is 1. The molecule has 134 valence electrons. The van der Waals surface area contributed by atoms with E-state index in [-0.39, 0.29) is 12.1 Å². The summed E-state index contributed by atoms with van der Waals surface area (Å²) in [6, 6.07) is 17.5. The normalized spacial score (nSPS) is 18.8. The molecule has 5 heteroatoms. The molecule has 2 aromatic carbocycles. The topological polar surface area (TPSA) is 52.0 Å². The van der Waals surface area contributed by atoms with Gasteiger partial charge >= 0.3 is 0 Å². The van der Waals surface area contributed by atoms with Crippen molar-refractivity contribution < 1.29 is 4.74 Å². The third-order valence-corrected chi connectivity index (χ3v) is 5.00. The van der Waals surface area contributed by atoms with Crippen LogP contribution in [0.1, 0.15) is 49.0 Å². The zero-order chi connectivity index (χ0) is 17.9. The first-order valence-electron chi connectivity index (χ1n) is 9.26. The van der Waals surface area contributed by atoms with Gasteiger partial charge in [0.1, 0.15) is 12.1 Å². The largest absolute Gasteiger partial charge is 0.494 e. The molecule has 0 amide bonds. The molecular weight excluding hydrogens is 324 g/mol. The van der Waals surface area contributed by atoms with Crippen LogP contribution in [-0.2, 0) is 6.42 Å². The van der Waals surface area contributed by atoms with E-state index >= 15 is 0 Å². The number of aromatic nitrogens is 3. The average Bonchev–Trinajstić information content (AvgIpc) is 3.17. The van der Waals surface area contributed by atoms with Crippen molar-refractivity contribution in [2.75, 3.05) is 11.9 Å². The Morgan fingerprint density at radius 3 is 2.46 bits per heavy atom. The van der Waals surface area contributed by atoms with Crippen LogP contribution < -0.4 is 10.1 Å². The SMILES string of the molecule is CCOc1ccc([C@@H]2C[C@H](c3ccc(CC)cc3)n3ncnc3N2)cc1. The van der Waals surface area contributed by atoms with E-state index in [4.69, 9.17) is 4.74 Å². The van der Waals surface area contributed by atoms with Crippen molar-refractivity contribution in [3.8, 4) is 5.75 Å². The second kappa shape index (κ2) is 7.20. The number of benzene rings is 2. The molecule has 1 aromatic heterocycles. The highest BCUT2D eigenvalue weighted by molar-refractivity contribution is 5.40. The first-order valence-corrected chi connectivity index (χ1v) is 9.26. The number of hydrogen-bond donors (Lipinski definition) is 1. The van der Waals surface area contributed by atoms with Crippen molar-refractivity contribution >= 4 is 5.95 Å². The maximum Gasteiger partial charge on any atom is 0.222 e. The number of nitrogens with zero attached hydrogens (tertiary/aromatic N) is 3. The van der Waals surface area contributed by atoms with Crippen molar-refractivity contribution in [2.45, 2.75) is 38.8 Å². The summed E-state index contributed by atoms with van der Waals surface area (Å²) in [7, 11) is 0. The predicted octanol–water partition coefficient (Wildman–Crippen LogP) is 4.39. The number of ether oxygens (including phenoxy) is 1. The Hall–Kier alpha value is -2.82. The van der Waals surface area contributed by atoms with Crippen LogP contribution in [0.15, 0.2) is 54.9 Å². The van der Waals surface area contributed by atoms with Crippen molar-refractivity contribution in [1.82, 2.24) is 14.8 Å². The second-order valence-electron chi connectivity index (χ2n) is 6.57. The number of hydrogen-bond acceptors (Lipinski definition) is 4. The van der Waals surface area contributed by atoms with E-state index in [0.717, 1.165) is 24.5 Å². The average molecular weight is 348 g/mol. The smallest absolute Gasteiger partial charge is 0.222 e. The lowest BCUT2D eigenvalue weighted by molar-refractivity contribution is 0.340. The molecule has 0 fully saturated rings. The summed E-state index contributed by atoms with van der Waals surface area (Å²) in [4.78, 5) is 4.41. The molecular formula is C21H24N4O. The molecule has 0 radical (unpaired) electrons. The zero-order valence-corrected chi connectivity index (χ0v) is 15.2. The molecule has 1 aliphatic heterocycles. The predicted molar refractivity (Wildman–Crippen MR) is 103 cm³/mol. The van der Waals surface area contributed by atoms with Gasteiger partial charge in [-0.05, 0) is 48.6 Å². The van der Waals surface area contributed by atoms with Crippen molar-refractivity contribution in [2.24, 2.45) is 0 Å². The standard InChI is InChI=1S/C21H24N4O/c1-3-15-5-7-17(8-6-15)20-13-19(24-21-22-14-23-25(20)21)16-9-11-18(12-10-16)26-4-2/h5-12,14,19-20H,3-4,13H2,1-2H3,(H,22,23,24)/t19-,20+/m0/s1. The molecule has 5 nitrogen and oxygen atoms in total. The van der Waals surface area contributed by atoms with Crippen LogP contribution in [0.5, 0.6) is 5.75 Å². The Kier molecular flexibility index (Phi) is 4.61. The van der Waals surface area contributed by atoms with Crippen molar-refractivity contribution in [3.63, 3.8) is 0 Å². The van der Waals surface area contributed by atoms with E-state index in [1.54, 1.807) is 6.33 Å². The van der Waals surface area contributed by atoms with Gasteiger partial charge in [-0.1, -0.05) is 43.3 Å². The van der Waals surface area contributed by atoms with Crippen molar-refractivity contribution in [1.29, 1.82) is 0 Å². The van der Waals surface area contributed by atoms with Gasteiger partial charge < -0.3 is 10.1 Å². The maximum absolute atomic E-state index is 5.56. The van der Waals surface area contributed by atoms with Crippen molar-refractivity contribution in [3.05, 3.63) is 71.5 Å². The van der Waals surface area contributed by atoms with Gasteiger partial charge in [0.15, 0.2) is 0 Å². The van der Waals surface area contributed by atoms with Crippen LogP contribution in [0.3, 0.4) is 0 Å². The molecule has 2 heterocycles. The molecule has 1 aliphatic rings. The van der Waals surface area contributed by atoms with Crippen LogP contribution in [0.25, 0.3) is 0 Å². The highest BCUT2D eigenvalue weighted by Crippen LogP contribution is 2.37. The molecule has 0 aliphatic carbocycles. The minimum Gasteiger partial charge on any atom is -0.494 e. The fourth-order valence-electron chi connectivity index (χ4n) is 3.55. The minimum absolute atomic E-state index is 0.177. The minimum atomic E-state index is 0.177. The summed E-state index contributed by atoms with van der Waals surface area (Å²) in [5.41, 5.74) is 3.86. The first-order chi connectivity index (χ1) is 12.8. The van der Waals surface area contributed by atoms with Crippen LogP contribution in [-0.4, -0.2) is 21.4 Å². The molecule has 0 saturated carbocycles. The zero-order valence-electron chi connectivity index (χ0n) is 15.2. The highest BCUT2D eigenvalue weighted by Gasteiger charge is 2.29. The Labute approximate surface area is 154 Å². The fraction of sp³-hybridized carbons (Fsp3) is 0.333. The molecule has 3 aromatic rings. The molecule has 0 unspecified atom stereocenters. The van der Waals surface area contributed by atoms with Crippen LogP contribution in [0.4, 0.5) is 5.95 Å². The third kappa shape index (κ3) is 3.17. The second-order valence-corrected chi connectivity index (χ2v) is 6.57. The summed E-state index contributed by atoms with van der Waals surface area (Å²) < 4.78 is 7.55. The lowest BCUT2D eigenvalue weighted by atomic mass is 9.93. The first kappa shape index (κ1) is 16.6. The van der Waals surface area contributed by atoms with Crippen LogP contribution >= 0.6 is 0 Å². The van der Waals surface area contributed by atoms with E-state index in [2.05, 4.69) is 58.7 Å². The summed E-state index contributed by atoms with van der Waals surface area (Å²) in [6.45, 7) is 4.86. The van der Waals surface area contributed by atoms with E-state index in [0.29, 0.717) is 6.61 Å². The van der Waals surface area contributed by atoms with Gasteiger partial charge in [-0.3, -0.25) is 0 Å². The van der Waals surface area contributed by atoms with Crippen LogP contribution in [0, 0.1) is 0 Å². The lowest BCUT2D eigenvalue weighted by Crippen LogP contribution is -2.28. The summed E-state index contributed by atoms with van der Waals surface area (Å²) in [5, 5.41) is 7.96. The van der Waals surface area contributed by atoms with Gasteiger partial charge in [-0.15, -0.1) is 0 Å². The summed E-state index contributed by atoms with van der Waals surface area (Å²) in [6.07, 6.45) is 3.60. The van der Waals surface area contributed by atoms with Gasteiger partial charge in [0.2, 0.25) is 5.95 Å². The lowest BCUT2D eigenvalue weighted by Gasteiger charge is -2.32. The Morgan fingerprint density at radius 1 is 1.04 bits per heavy atom. The quantitative estimate of drug-likeness (QED) is 0.743. The number of anilines is 1. The van der Waals surface area contributed by atoms with E-state index in [1.807, 2.05) is 23.7 Å². The summed E-state index contributed by atoms with van der Waals surface area (Å²) in [5.74, 6) is 1.72. The van der Waals surface area contributed by atoms with Gasteiger partial charge in [-0.25, -0.2) is 4.68 Å². The Morgan fingerprint density at radius 2 is 1.77 bits per heavy atom. The fourth-order valence-corrected chi connectivity index (χ4v) is 3.55. The molecule has 26 heavy (non-hydrogen) atoms.